The van der Waals surface area contributed by atoms with E-state index in [4.69, 9.17) is 25.8 Å². The van der Waals surface area contributed by atoms with Crippen molar-refractivity contribution in [3.05, 3.63) is 18.2 Å². The summed E-state index contributed by atoms with van der Waals surface area (Å²) in [5.74, 6) is 2.68. The minimum atomic E-state index is 0.615. The zero-order valence-corrected chi connectivity index (χ0v) is 10.4. The Morgan fingerprint density at radius 2 is 1.69 bits per heavy atom. The minimum absolute atomic E-state index is 0.615. The molecule has 4 heteroatoms. The van der Waals surface area contributed by atoms with Crippen LogP contribution in [0.3, 0.4) is 0 Å². The number of unbranched alkanes of at least 4 members (excludes halogenated alkanes) is 1. The van der Waals surface area contributed by atoms with Gasteiger partial charge in [-0.3, -0.25) is 0 Å². The molecular weight excluding hydrogens is 228 g/mol. The first-order chi connectivity index (χ1) is 7.83. The molecule has 0 atom stereocenters. The van der Waals surface area contributed by atoms with Crippen molar-refractivity contribution in [3.63, 3.8) is 0 Å². The van der Waals surface area contributed by atoms with E-state index in [-0.39, 0.29) is 0 Å². The molecule has 0 aromatic heterocycles. The Bertz CT molecular complexity index is 293. The average molecular weight is 245 g/mol. The van der Waals surface area contributed by atoms with E-state index in [2.05, 4.69) is 0 Å². The summed E-state index contributed by atoms with van der Waals surface area (Å²) in [5, 5.41) is 0. The summed E-state index contributed by atoms with van der Waals surface area (Å²) in [6, 6.07) is 5.56. The Hall–Kier alpha value is -1.09. The van der Waals surface area contributed by atoms with E-state index in [1.165, 1.54) is 0 Å². The summed E-state index contributed by atoms with van der Waals surface area (Å²) in [5.41, 5.74) is 0. The van der Waals surface area contributed by atoms with E-state index >= 15 is 0 Å². The van der Waals surface area contributed by atoms with Crippen LogP contribution in [0.25, 0.3) is 0 Å². The smallest absolute Gasteiger partial charge is 0.203 e. The summed E-state index contributed by atoms with van der Waals surface area (Å²) in [6.45, 7) is 0.615. The van der Waals surface area contributed by atoms with Gasteiger partial charge < -0.3 is 14.2 Å². The predicted molar refractivity (Wildman–Crippen MR) is 65.0 cm³/mol. The fraction of sp³-hybridized carbons (Fsp3) is 0.500. The van der Waals surface area contributed by atoms with E-state index in [1.54, 1.807) is 14.2 Å². The van der Waals surface area contributed by atoms with E-state index in [9.17, 15) is 0 Å². The van der Waals surface area contributed by atoms with Crippen LogP contribution in [-0.4, -0.2) is 26.7 Å². The highest BCUT2D eigenvalue weighted by molar-refractivity contribution is 6.17. The second-order valence-electron chi connectivity index (χ2n) is 3.24. The molecule has 0 aliphatic rings. The van der Waals surface area contributed by atoms with Crippen molar-refractivity contribution in [1.29, 1.82) is 0 Å². The minimum Gasteiger partial charge on any atom is -0.493 e. The lowest BCUT2D eigenvalue weighted by Crippen LogP contribution is -2.01. The van der Waals surface area contributed by atoms with Gasteiger partial charge in [0.1, 0.15) is 0 Å². The quantitative estimate of drug-likeness (QED) is 0.545. The van der Waals surface area contributed by atoms with Crippen molar-refractivity contribution in [2.24, 2.45) is 0 Å². The molecule has 0 amide bonds. The van der Waals surface area contributed by atoms with Gasteiger partial charge in [-0.2, -0.15) is 0 Å². The van der Waals surface area contributed by atoms with Gasteiger partial charge >= 0.3 is 0 Å². The second kappa shape index (κ2) is 7.23. The highest BCUT2D eigenvalue weighted by Gasteiger charge is 2.10. The first-order valence-electron chi connectivity index (χ1n) is 5.23. The lowest BCUT2D eigenvalue weighted by atomic mass is 10.3. The molecule has 1 rings (SSSR count). The number of ether oxygens (including phenoxy) is 3. The predicted octanol–water partition coefficient (Wildman–Crippen LogP) is 3.10. The molecule has 0 N–H and O–H groups in total. The molecule has 0 fully saturated rings. The maximum absolute atomic E-state index is 5.64. The fourth-order valence-corrected chi connectivity index (χ4v) is 1.52. The molecule has 0 spiro atoms. The van der Waals surface area contributed by atoms with Crippen LogP contribution in [0, 0.1) is 0 Å². The zero-order valence-electron chi connectivity index (χ0n) is 9.66. The topological polar surface area (TPSA) is 27.7 Å². The molecule has 16 heavy (non-hydrogen) atoms. The molecular formula is C12H17ClO3. The molecule has 0 aliphatic heterocycles. The zero-order chi connectivity index (χ0) is 11.8. The molecule has 0 saturated carbocycles. The molecule has 1 aromatic rings. The van der Waals surface area contributed by atoms with Gasteiger partial charge in [0, 0.05) is 5.88 Å². The first kappa shape index (κ1) is 13.0. The number of hydrogen-bond acceptors (Lipinski definition) is 3. The average Bonchev–Trinajstić information content (AvgIpc) is 2.34. The number of halogens is 1. The Kier molecular flexibility index (Phi) is 5.86. The molecule has 1 aromatic carbocycles. The van der Waals surface area contributed by atoms with Gasteiger partial charge in [0.2, 0.25) is 5.75 Å². The summed E-state index contributed by atoms with van der Waals surface area (Å²) >= 11 is 5.60. The third-order valence-electron chi connectivity index (χ3n) is 2.16. The highest BCUT2D eigenvalue weighted by Crippen LogP contribution is 2.36. The number of rotatable bonds is 7. The number of hydrogen-bond donors (Lipinski definition) is 0. The molecule has 0 heterocycles. The van der Waals surface area contributed by atoms with Crippen LogP contribution in [0.15, 0.2) is 18.2 Å². The Labute approximate surface area is 101 Å². The van der Waals surface area contributed by atoms with Crippen LogP contribution in [0.5, 0.6) is 17.2 Å². The van der Waals surface area contributed by atoms with Crippen molar-refractivity contribution in [1.82, 2.24) is 0 Å². The summed E-state index contributed by atoms with van der Waals surface area (Å²) < 4.78 is 16.1. The number of alkyl halides is 1. The number of methoxy groups -OCH3 is 2. The summed E-state index contributed by atoms with van der Waals surface area (Å²) in [6.07, 6.45) is 1.86. The van der Waals surface area contributed by atoms with Crippen LogP contribution >= 0.6 is 11.6 Å². The van der Waals surface area contributed by atoms with Crippen LogP contribution in [0.1, 0.15) is 12.8 Å². The third kappa shape index (κ3) is 3.49. The molecule has 90 valence electrons. The molecule has 0 radical (unpaired) electrons. The maximum Gasteiger partial charge on any atom is 0.203 e. The van der Waals surface area contributed by atoms with Crippen molar-refractivity contribution in [3.8, 4) is 17.2 Å². The molecule has 0 bridgehead atoms. The van der Waals surface area contributed by atoms with Crippen LogP contribution in [0.4, 0.5) is 0 Å². The molecule has 0 unspecified atom stereocenters. The Morgan fingerprint density at radius 3 is 2.19 bits per heavy atom. The summed E-state index contributed by atoms with van der Waals surface area (Å²) in [7, 11) is 3.22. The third-order valence-corrected chi connectivity index (χ3v) is 2.42. The lowest BCUT2D eigenvalue weighted by Gasteiger charge is -2.13. The van der Waals surface area contributed by atoms with Gasteiger partial charge in [0.25, 0.3) is 0 Å². The van der Waals surface area contributed by atoms with Crippen molar-refractivity contribution in [2.45, 2.75) is 12.8 Å². The van der Waals surface area contributed by atoms with E-state index in [0.29, 0.717) is 29.7 Å². The Morgan fingerprint density at radius 1 is 1.06 bits per heavy atom. The largest absolute Gasteiger partial charge is 0.493 e. The number of para-hydroxylation sites is 1. The van der Waals surface area contributed by atoms with Crippen molar-refractivity contribution < 1.29 is 14.2 Å². The maximum atomic E-state index is 5.64. The second-order valence-corrected chi connectivity index (χ2v) is 3.61. The van der Waals surface area contributed by atoms with Crippen LogP contribution < -0.4 is 14.2 Å². The molecule has 0 aliphatic carbocycles. The monoisotopic (exact) mass is 244 g/mol. The van der Waals surface area contributed by atoms with Gasteiger partial charge in [-0.05, 0) is 25.0 Å². The molecule has 3 nitrogen and oxygen atoms in total. The SMILES string of the molecule is COc1cccc(OC)c1OCCCCCl. The van der Waals surface area contributed by atoms with E-state index in [0.717, 1.165) is 12.8 Å². The van der Waals surface area contributed by atoms with Gasteiger partial charge in [-0.1, -0.05) is 6.07 Å². The van der Waals surface area contributed by atoms with Gasteiger partial charge in [0.15, 0.2) is 11.5 Å². The van der Waals surface area contributed by atoms with E-state index in [1.807, 2.05) is 18.2 Å². The van der Waals surface area contributed by atoms with E-state index < -0.39 is 0 Å². The van der Waals surface area contributed by atoms with Crippen molar-refractivity contribution >= 4 is 11.6 Å². The van der Waals surface area contributed by atoms with Crippen LogP contribution in [-0.2, 0) is 0 Å². The normalized spacial score (nSPS) is 9.94. The number of benzene rings is 1. The van der Waals surface area contributed by atoms with Crippen LogP contribution in [0.2, 0.25) is 0 Å². The summed E-state index contributed by atoms with van der Waals surface area (Å²) in [4.78, 5) is 0. The molecule has 0 saturated heterocycles. The van der Waals surface area contributed by atoms with Gasteiger partial charge in [0.05, 0.1) is 20.8 Å². The van der Waals surface area contributed by atoms with Crippen molar-refractivity contribution in [2.75, 3.05) is 26.7 Å². The standard InChI is InChI=1S/C12H17ClO3/c1-14-10-6-5-7-11(15-2)12(10)16-9-4-3-8-13/h5-7H,3-4,8-9H2,1-2H3. The Balaban J connectivity index is 2.67. The fourth-order valence-electron chi connectivity index (χ4n) is 1.33. The van der Waals surface area contributed by atoms with Gasteiger partial charge in [-0.25, -0.2) is 0 Å². The highest BCUT2D eigenvalue weighted by atomic mass is 35.5. The first-order valence-corrected chi connectivity index (χ1v) is 5.76. The lowest BCUT2D eigenvalue weighted by molar-refractivity contribution is 0.270. The van der Waals surface area contributed by atoms with Gasteiger partial charge in [-0.15, -0.1) is 11.6 Å².